The molecule has 114 valence electrons. The normalized spacial score (nSPS) is 18.8. The number of aryl methyl sites for hydroxylation is 1. The monoisotopic (exact) mass is 279 g/mol. The van der Waals surface area contributed by atoms with Crippen LogP contribution in [0.4, 0.5) is 0 Å². The van der Waals surface area contributed by atoms with Crippen molar-refractivity contribution in [1.29, 1.82) is 0 Å². The Bertz CT molecular complexity index is 373. The number of nitrogens with one attached hydrogen (secondary N) is 1. The van der Waals surface area contributed by atoms with E-state index in [1.54, 1.807) is 7.11 Å². The van der Waals surface area contributed by atoms with E-state index >= 15 is 0 Å². The average molecular weight is 279 g/mol. The molecule has 1 saturated carbocycles. The quantitative estimate of drug-likeness (QED) is 0.810. The Morgan fingerprint density at radius 2 is 2.00 bits per heavy atom. The first kappa shape index (κ1) is 15.4. The summed E-state index contributed by atoms with van der Waals surface area (Å²) in [6.45, 7) is 6.21. The van der Waals surface area contributed by atoms with Crippen molar-refractivity contribution in [2.75, 3.05) is 13.7 Å². The van der Waals surface area contributed by atoms with Crippen LogP contribution >= 0.6 is 0 Å². The molecule has 1 unspecified atom stereocenters. The smallest absolute Gasteiger partial charge is 0.161 e. The number of methoxy groups -OCH3 is 1. The molecule has 1 heterocycles. The van der Waals surface area contributed by atoms with Gasteiger partial charge in [-0.05, 0) is 32.2 Å². The van der Waals surface area contributed by atoms with Crippen LogP contribution in [0.1, 0.15) is 64.1 Å². The Labute approximate surface area is 122 Å². The van der Waals surface area contributed by atoms with Crippen LogP contribution in [0.3, 0.4) is 0 Å². The lowest BCUT2D eigenvalue weighted by molar-refractivity contribution is 0.301. The van der Waals surface area contributed by atoms with Gasteiger partial charge in [0.2, 0.25) is 0 Å². The molecule has 1 N–H and O–H groups in total. The SMILES string of the molecule is CCNC(c1c(OC)cnn1CC)C1CCCCCC1. The van der Waals surface area contributed by atoms with Crippen molar-refractivity contribution < 1.29 is 4.74 Å². The number of aromatic nitrogens is 2. The predicted octanol–water partition coefficient (Wildman–Crippen LogP) is 3.53. The molecule has 1 atom stereocenters. The summed E-state index contributed by atoms with van der Waals surface area (Å²) in [6, 6.07) is 0.371. The van der Waals surface area contributed by atoms with Gasteiger partial charge in [-0.15, -0.1) is 0 Å². The largest absolute Gasteiger partial charge is 0.493 e. The van der Waals surface area contributed by atoms with Gasteiger partial charge in [0.25, 0.3) is 0 Å². The fraction of sp³-hybridized carbons (Fsp3) is 0.812. The third-order valence-electron chi connectivity index (χ3n) is 4.45. The minimum Gasteiger partial charge on any atom is -0.493 e. The maximum atomic E-state index is 5.55. The van der Waals surface area contributed by atoms with Crippen molar-refractivity contribution in [2.45, 2.75) is 65.0 Å². The first-order chi connectivity index (χ1) is 9.81. The van der Waals surface area contributed by atoms with Gasteiger partial charge in [0.1, 0.15) is 0 Å². The van der Waals surface area contributed by atoms with Gasteiger partial charge in [-0.2, -0.15) is 5.10 Å². The van der Waals surface area contributed by atoms with Crippen LogP contribution in [-0.2, 0) is 6.54 Å². The Kier molecular flexibility index (Phi) is 5.89. The summed E-state index contributed by atoms with van der Waals surface area (Å²) in [7, 11) is 1.75. The number of hydrogen-bond acceptors (Lipinski definition) is 3. The van der Waals surface area contributed by atoms with E-state index in [0.29, 0.717) is 12.0 Å². The molecule has 1 aliphatic carbocycles. The number of hydrogen-bond donors (Lipinski definition) is 1. The highest BCUT2D eigenvalue weighted by Crippen LogP contribution is 2.37. The second-order valence-corrected chi connectivity index (χ2v) is 5.70. The summed E-state index contributed by atoms with van der Waals surface area (Å²) in [6.07, 6.45) is 9.98. The molecule has 0 aliphatic heterocycles. The van der Waals surface area contributed by atoms with Crippen LogP contribution in [-0.4, -0.2) is 23.4 Å². The van der Waals surface area contributed by atoms with Gasteiger partial charge in [0.15, 0.2) is 5.75 Å². The Hall–Kier alpha value is -1.03. The zero-order valence-corrected chi connectivity index (χ0v) is 13.2. The lowest BCUT2D eigenvalue weighted by Gasteiger charge is -2.28. The maximum absolute atomic E-state index is 5.55. The summed E-state index contributed by atoms with van der Waals surface area (Å²) in [4.78, 5) is 0. The Morgan fingerprint density at radius 3 is 2.55 bits per heavy atom. The van der Waals surface area contributed by atoms with Crippen LogP contribution in [0, 0.1) is 5.92 Å². The molecule has 20 heavy (non-hydrogen) atoms. The van der Waals surface area contributed by atoms with E-state index in [-0.39, 0.29) is 0 Å². The van der Waals surface area contributed by atoms with Gasteiger partial charge >= 0.3 is 0 Å². The van der Waals surface area contributed by atoms with Crippen molar-refractivity contribution >= 4 is 0 Å². The van der Waals surface area contributed by atoms with E-state index in [2.05, 4.69) is 28.9 Å². The van der Waals surface area contributed by atoms with E-state index in [4.69, 9.17) is 4.74 Å². The topological polar surface area (TPSA) is 39.1 Å². The maximum Gasteiger partial charge on any atom is 0.161 e. The second-order valence-electron chi connectivity index (χ2n) is 5.70. The molecular formula is C16H29N3O. The molecule has 0 amide bonds. The average Bonchev–Trinajstić information content (AvgIpc) is 2.69. The van der Waals surface area contributed by atoms with Crippen molar-refractivity contribution in [3.63, 3.8) is 0 Å². The highest BCUT2D eigenvalue weighted by Gasteiger charge is 2.29. The number of nitrogens with zero attached hydrogens (tertiary/aromatic N) is 2. The summed E-state index contributed by atoms with van der Waals surface area (Å²) >= 11 is 0. The molecule has 0 bridgehead atoms. The summed E-state index contributed by atoms with van der Waals surface area (Å²) in [5, 5.41) is 8.17. The van der Waals surface area contributed by atoms with Crippen LogP contribution in [0.2, 0.25) is 0 Å². The molecule has 1 aromatic heterocycles. The van der Waals surface area contributed by atoms with E-state index in [1.807, 2.05) is 6.20 Å². The highest BCUT2D eigenvalue weighted by atomic mass is 16.5. The van der Waals surface area contributed by atoms with Crippen LogP contribution in [0.25, 0.3) is 0 Å². The molecule has 0 aromatic carbocycles. The van der Waals surface area contributed by atoms with Gasteiger partial charge in [0.05, 0.1) is 25.0 Å². The van der Waals surface area contributed by atoms with E-state index in [0.717, 1.165) is 18.8 Å². The molecule has 4 heteroatoms. The first-order valence-electron chi connectivity index (χ1n) is 8.14. The van der Waals surface area contributed by atoms with Crippen LogP contribution in [0.5, 0.6) is 5.75 Å². The molecule has 2 rings (SSSR count). The van der Waals surface area contributed by atoms with E-state index in [1.165, 1.54) is 44.2 Å². The molecule has 1 aliphatic rings. The second kappa shape index (κ2) is 7.67. The molecular weight excluding hydrogens is 250 g/mol. The van der Waals surface area contributed by atoms with Gasteiger partial charge in [-0.1, -0.05) is 32.6 Å². The summed E-state index contributed by atoms with van der Waals surface area (Å²) < 4.78 is 7.65. The van der Waals surface area contributed by atoms with Crippen molar-refractivity contribution in [3.8, 4) is 5.75 Å². The lowest BCUT2D eigenvalue weighted by Crippen LogP contribution is -2.30. The zero-order chi connectivity index (χ0) is 14.4. The molecule has 0 radical (unpaired) electrons. The lowest BCUT2D eigenvalue weighted by atomic mass is 9.89. The van der Waals surface area contributed by atoms with E-state index < -0.39 is 0 Å². The highest BCUT2D eigenvalue weighted by molar-refractivity contribution is 5.29. The minimum absolute atomic E-state index is 0.371. The number of ether oxygens (including phenoxy) is 1. The van der Waals surface area contributed by atoms with Gasteiger partial charge in [-0.25, -0.2) is 0 Å². The third kappa shape index (κ3) is 3.35. The van der Waals surface area contributed by atoms with Crippen molar-refractivity contribution in [2.24, 2.45) is 5.92 Å². The molecule has 1 fully saturated rings. The zero-order valence-electron chi connectivity index (χ0n) is 13.2. The first-order valence-corrected chi connectivity index (χ1v) is 8.14. The molecule has 0 spiro atoms. The minimum atomic E-state index is 0.371. The standard InChI is InChI=1S/C16H29N3O/c1-4-17-15(13-10-8-6-7-9-11-13)16-14(20-3)12-18-19(16)5-2/h12-13,15,17H,4-11H2,1-3H3. The van der Waals surface area contributed by atoms with Gasteiger partial charge in [-0.3, -0.25) is 4.68 Å². The Balaban J connectivity index is 2.28. The van der Waals surface area contributed by atoms with Crippen molar-refractivity contribution in [3.05, 3.63) is 11.9 Å². The molecule has 1 aromatic rings. The third-order valence-corrected chi connectivity index (χ3v) is 4.45. The molecule has 4 nitrogen and oxygen atoms in total. The summed E-state index contributed by atoms with van der Waals surface area (Å²) in [5.74, 6) is 1.63. The summed E-state index contributed by atoms with van der Waals surface area (Å²) in [5.41, 5.74) is 1.24. The molecule has 0 saturated heterocycles. The number of rotatable bonds is 6. The van der Waals surface area contributed by atoms with Gasteiger partial charge < -0.3 is 10.1 Å². The van der Waals surface area contributed by atoms with Crippen molar-refractivity contribution in [1.82, 2.24) is 15.1 Å². The fourth-order valence-electron chi connectivity index (χ4n) is 3.45. The predicted molar refractivity (Wildman–Crippen MR) is 82.1 cm³/mol. The van der Waals surface area contributed by atoms with E-state index in [9.17, 15) is 0 Å². The fourth-order valence-corrected chi connectivity index (χ4v) is 3.45. The Morgan fingerprint density at radius 1 is 1.30 bits per heavy atom. The van der Waals surface area contributed by atoms with Crippen LogP contribution < -0.4 is 10.1 Å². The van der Waals surface area contributed by atoms with Gasteiger partial charge in [0, 0.05) is 6.54 Å². The van der Waals surface area contributed by atoms with Crippen LogP contribution in [0.15, 0.2) is 6.20 Å².